The minimum absolute atomic E-state index is 0.126. The first-order valence-electron chi connectivity index (χ1n) is 18.8. The van der Waals surface area contributed by atoms with Gasteiger partial charge in [-0.25, -0.2) is 13.6 Å². The molecule has 2 aromatic rings. The molecule has 12 heteroatoms. The van der Waals surface area contributed by atoms with Gasteiger partial charge in [-0.1, -0.05) is 70.7 Å². The number of aromatic hydroxyl groups is 1. The van der Waals surface area contributed by atoms with Gasteiger partial charge < -0.3 is 39.7 Å². The third-order valence-electron chi connectivity index (χ3n) is 8.03. The van der Waals surface area contributed by atoms with Crippen molar-refractivity contribution in [2.24, 2.45) is 0 Å². The number of hydrogen-bond acceptors (Lipinski definition) is 8. The Bertz CT molecular complexity index is 1420. The summed E-state index contributed by atoms with van der Waals surface area (Å²) in [6, 6.07) is 10.2. The molecule has 2 unspecified atom stereocenters. The molecule has 2 aromatic carbocycles. The van der Waals surface area contributed by atoms with Crippen LogP contribution in [0.25, 0.3) is 5.70 Å². The van der Waals surface area contributed by atoms with Crippen LogP contribution in [0.1, 0.15) is 90.3 Å². The average Bonchev–Trinajstić information content (AvgIpc) is 3.15. The van der Waals surface area contributed by atoms with Gasteiger partial charge in [-0.2, -0.15) is 0 Å². The largest absolute Gasteiger partial charge is 0.508 e. The SMILES string of the molecule is C=C(c1ccc(C(C)(F)F)cc1OCC)N(C(=O)N(CCC)CCC)C(C(/C=C\CO)=C/CC)C(C)c1ccc(O)cc1.C=O.CC=O.CNCCN(C)C. The molecule has 310 valence electrons. The molecule has 55 heavy (non-hydrogen) atoms. The van der Waals surface area contributed by atoms with Crippen molar-refractivity contribution in [2.75, 3.05) is 60.5 Å². The molecule has 0 aliphatic rings. The number of halogens is 2. The first-order valence-corrected chi connectivity index (χ1v) is 18.8. The van der Waals surface area contributed by atoms with E-state index < -0.39 is 12.0 Å². The quantitative estimate of drug-likeness (QED) is 0.0964. The van der Waals surface area contributed by atoms with Crippen LogP contribution in [0.5, 0.6) is 11.5 Å². The number of ether oxygens (including phenoxy) is 1. The normalized spacial score (nSPS) is 12.2. The Morgan fingerprint density at radius 2 is 1.58 bits per heavy atom. The number of aldehydes is 1. The number of nitrogens with zero attached hydrogens (tertiary/aromatic N) is 3. The maximum Gasteiger partial charge on any atom is 0.325 e. The van der Waals surface area contributed by atoms with Crippen LogP contribution in [0.2, 0.25) is 0 Å². The number of benzene rings is 2. The molecule has 10 nitrogen and oxygen atoms in total. The lowest BCUT2D eigenvalue weighted by atomic mass is 9.85. The van der Waals surface area contributed by atoms with Gasteiger partial charge in [-0.05, 0) is 89.7 Å². The van der Waals surface area contributed by atoms with Crippen LogP contribution in [0.3, 0.4) is 0 Å². The molecule has 0 radical (unpaired) electrons. The summed E-state index contributed by atoms with van der Waals surface area (Å²) >= 11 is 0. The number of hydrogen-bond donors (Lipinski definition) is 3. The Morgan fingerprint density at radius 1 is 1.02 bits per heavy atom. The summed E-state index contributed by atoms with van der Waals surface area (Å²) in [5.41, 5.74) is 2.20. The van der Waals surface area contributed by atoms with Gasteiger partial charge in [-0.3, -0.25) is 4.90 Å². The van der Waals surface area contributed by atoms with Crippen molar-refractivity contribution in [3.8, 4) is 11.5 Å². The van der Waals surface area contributed by atoms with E-state index in [2.05, 4.69) is 30.9 Å². The molecule has 0 aliphatic heterocycles. The minimum Gasteiger partial charge on any atom is -0.508 e. The number of aliphatic hydroxyl groups excluding tert-OH is 1. The van der Waals surface area contributed by atoms with E-state index in [0.717, 1.165) is 50.3 Å². The van der Waals surface area contributed by atoms with Gasteiger partial charge >= 0.3 is 6.03 Å². The zero-order valence-electron chi connectivity index (χ0n) is 34.9. The molecule has 0 saturated heterocycles. The number of allylic oxidation sites excluding steroid dienone is 1. The molecule has 0 aliphatic carbocycles. The topological polar surface area (TPSA) is 123 Å². The van der Waals surface area contributed by atoms with Gasteiger partial charge in [0.2, 0.25) is 0 Å². The van der Waals surface area contributed by atoms with Gasteiger partial charge in [0.15, 0.2) is 0 Å². The fourth-order valence-corrected chi connectivity index (χ4v) is 5.50. The molecule has 0 heterocycles. The van der Waals surface area contributed by atoms with Gasteiger partial charge in [0, 0.05) is 55.8 Å². The highest BCUT2D eigenvalue weighted by molar-refractivity contribution is 5.87. The number of urea groups is 1. The standard InChI is InChI=1S/C35H48F2N2O4.C5H14N2.C2H4O.CH2O/c1-8-13-28(14-12-23-40)33(25(5)27-15-18-30(41)19-16-27)39(34(42)38(21-9-2)22-10-3)26(6)31-20-17-29(35(7,36)37)24-32(31)43-11-4;1-6-4-5-7(2)3;1-2-3;1-2/h12-20,24-25,33,40-41H,6,8-11,21-23H2,1-5,7H3;6H,4-5H2,1-3H3;2H,1H3;1H2/b14-12-,28-13+;;;. The number of carbonyl (C=O) groups excluding carboxylic acids is 3. The second kappa shape index (κ2) is 29.9. The van der Waals surface area contributed by atoms with E-state index in [1.54, 1.807) is 41.0 Å². The van der Waals surface area contributed by atoms with Crippen LogP contribution in [0.15, 0.2) is 72.8 Å². The van der Waals surface area contributed by atoms with Crippen molar-refractivity contribution < 1.29 is 38.1 Å². The summed E-state index contributed by atoms with van der Waals surface area (Å²) in [6.45, 7) is 21.7. The summed E-state index contributed by atoms with van der Waals surface area (Å²) in [5.74, 6) is -3.05. The first-order chi connectivity index (χ1) is 26.1. The van der Waals surface area contributed by atoms with E-state index in [4.69, 9.17) is 14.3 Å². The Morgan fingerprint density at radius 3 is 2.00 bits per heavy atom. The van der Waals surface area contributed by atoms with E-state index in [1.165, 1.54) is 19.1 Å². The maximum absolute atomic E-state index is 14.6. The van der Waals surface area contributed by atoms with E-state index in [-0.39, 0.29) is 42.2 Å². The van der Waals surface area contributed by atoms with Gasteiger partial charge in [-0.15, -0.1) is 0 Å². The number of nitrogens with one attached hydrogen (secondary N) is 1. The van der Waals surface area contributed by atoms with E-state index in [1.807, 2.05) is 65.8 Å². The van der Waals surface area contributed by atoms with Crippen LogP contribution in [-0.2, 0) is 15.5 Å². The summed E-state index contributed by atoms with van der Waals surface area (Å²) in [4.78, 5) is 37.0. The third-order valence-corrected chi connectivity index (χ3v) is 8.03. The first kappa shape index (κ1) is 52.7. The number of alkyl halides is 2. The molecule has 0 saturated carbocycles. The Labute approximate surface area is 329 Å². The van der Waals surface area contributed by atoms with Crippen molar-refractivity contribution in [3.05, 3.63) is 89.5 Å². The van der Waals surface area contributed by atoms with Crippen molar-refractivity contribution >= 4 is 24.8 Å². The van der Waals surface area contributed by atoms with Crippen LogP contribution in [0.4, 0.5) is 13.6 Å². The summed E-state index contributed by atoms with van der Waals surface area (Å²) < 4.78 is 34.5. The predicted octanol–water partition coefficient (Wildman–Crippen LogP) is 8.26. The Balaban J connectivity index is 0. The highest BCUT2D eigenvalue weighted by Crippen LogP contribution is 2.40. The van der Waals surface area contributed by atoms with Crippen molar-refractivity contribution in [1.82, 2.24) is 20.0 Å². The highest BCUT2D eigenvalue weighted by atomic mass is 19.3. The molecule has 0 bridgehead atoms. The number of phenols is 1. The Kier molecular flexibility index (Phi) is 28.7. The van der Waals surface area contributed by atoms with Crippen molar-refractivity contribution in [3.63, 3.8) is 0 Å². The average molecular weight is 775 g/mol. The molecule has 0 fully saturated rings. The summed E-state index contributed by atoms with van der Waals surface area (Å²) in [5, 5.41) is 22.7. The van der Waals surface area contributed by atoms with Gasteiger partial charge in [0.05, 0.1) is 19.3 Å². The lowest BCUT2D eigenvalue weighted by Crippen LogP contribution is -2.49. The second-order valence-electron chi connectivity index (χ2n) is 12.8. The molecule has 2 amide bonds. The number of rotatable bonds is 19. The third kappa shape index (κ3) is 19.2. The summed E-state index contributed by atoms with van der Waals surface area (Å²) in [7, 11) is 6.10. The molecule has 0 spiro atoms. The second-order valence-corrected chi connectivity index (χ2v) is 12.8. The molecule has 2 rings (SSSR count). The molecular formula is C43H68F2N4O6. The van der Waals surface area contributed by atoms with Crippen LogP contribution in [0, 0.1) is 0 Å². The van der Waals surface area contributed by atoms with Crippen LogP contribution < -0.4 is 10.1 Å². The lowest BCUT2D eigenvalue weighted by Gasteiger charge is -2.41. The monoisotopic (exact) mass is 775 g/mol. The number of amides is 2. The van der Waals surface area contributed by atoms with E-state index >= 15 is 0 Å². The fourth-order valence-electron chi connectivity index (χ4n) is 5.50. The number of carbonyl (C=O) groups is 3. The van der Waals surface area contributed by atoms with Crippen molar-refractivity contribution in [1.29, 1.82) is 0 Å². The maximum atomic E-state index is 14.6. The highest BCUT2D eigenvalue weighted by Gasteiger charge is 2.37. The predicted molar refractivity (Wildman–Crippen MR) is 222 cm³/mol. The smallest absolute Gasteiger partial charge is 0.325 e. The van der Waals surface area contributed by atoms with E-state index in [0.29, 0.717) is 30.8 Å². The summed E-state index contributed by atoms with van der Waals surface area (Å²) in [6.07, 6.45) is 8.36. The molecular weight excluding hydrogens is 706 g/mol. The zero-order chi connectivity index (χ0) is 42.6. The lowest BCUT2D eigenvalue weighted by molar-refractivity contribution is -0.106. The van der Waals surface area contributed by atoms with Crippen LogP contribution >= 0.6 is 0 Å². The molecule has 3 N–H and O–H groups in total. The van der Waals surface area contributed by atoms with Crippen molar-refractivity contribution in [2.45, 2.75) is 85.6 Å². The zero-order valence-corrected chi connectivity index (χ0v) is 34.9. The van der Waals surface area contributed by atoms with Crippen LogP contribution in [-0.4, -0.2) is 111 Å². The molecule has 0 aromatic heterocycles. The molecule has 2 atom stereocenters. The van der Waals surface area contributed by atoms with E-state index in [9.17, 15) is 23.8 Å². The van der Waals surface area contributed by atoms with Gasteiger partial charge in [0.25, 0.3) is 5.92 Å². The Hall–Kier alpha value is -4.39. The fraction of sp³-hybridized carbons (Fsp3) is 0.512. The minimum atomic E-state index is -3.08. The number of aliphatic hydroxyl groups is 1. The van der Waals surface area contributed by atoms with Gasteiger partial charge in [0.1, 0.15) is 24.6 Å². The number of likely N-dealkylation sites (N-methyl/N-ethyl adjacent to an activating group) is 2. The number of phenolic OH excluding ortho intramolecular Hbond substituents is 1.